The Morgan fingerprint density at radius 2 is 2.13 bits per heavy atom. The van der Waals surface area contributed by atoms with E-state index in [2.05, 4.69) is 10.1 Å². The van der Waals surface area contributed by atoms with Crippen LogP contribution in [0.2, 0.25) is 5.02 Å². The van der Waals surface area contributed by atoms with E-state index in [1.165, 1.54) is 29.1 Å². The van der Waals surface area contributed by atoms with Gasteiger partial charge in [0, 0.05) is 22.7 Å². The van der Waals surface area contributed by atoms with Crippen LogP contribution in [0.15, 0.2) is 47.6 Å². The summed E-state index contributed by atoms with van der Waals surface area (Å²) in [5, 5.41) is 24.9. The number of aliphatic hydroxyl groups is 1. The molecule has 0 saturated heterocycles. The number of aliphatic hydroxyl groups excluding tert-OH is 1. The molecule has 116 valence electrons. The zero-order chi connectivity index (χ0) is 16.4. The van der Waals surface area contributed by atoms with Crippen molar-refractivity contribution in [1.82, 2.24) is 9.66 Å². The number of aromatic nitrogens is 2. The van der Waals surface area contributed by atoms with E-state index in [1.54, 1.807) is 6.07 Å². The van der Waals surface area contributed by atoms with Crippen LogP contribution in [0, 0.1) is 10.1 Å². The van der Waals surface area contributed by atoms with Gasteiger partial charge in [-0.1, -0.05) is 23.7 Å². The summed E-state index contributed by atoms with van der Waals surface area (Å²) < 4.78 is 1.48. The van der Waals surface area contributed by atoms with Gasteiger partial charge in [0.1, 0.15) is 6.61 Å². The summed E-state index contributed by atoms with van der Waals surface area (Å²) in [7, 11) is 0. The number of nitro groups is 1. The molecule has 0 aliphatic rings. The number of non-ortho nitro benzene ring substituents is 1. The van der Waals surface area contributed by atoms with E-state index >= 15 is 0 Å². The highest BCUT2D eigenvalue weighted by Crippen LogP contribution is 2.21. The van der Waals surface area contributed by atoms with Crippen molar-refractivity contribution in [1.29, 1.82) is 0 Å². The largest absolute Gasteiger partial charge is 0.388 e. The molecule has 0 fully saturated rings. The quantitative estimate of drug-likeness (QED) is 0.452. The third-order valence-electron chi connectivity index (χ3n) is 3.25. The van der Waals surface area contributed by atoms with Gasteiger partial charge in [0.25, 0.3) is 5.69 Å². The average molecular weight is 331 g/mol. The molecule has 0 saturated carbocycles. The van der Waals surface area contributed by atoms with Gasteiger partial charge in [0.2, 0.25) is 0 Å². The molecule has 0 bridgehead atoms. The SMILES string of the molecule is O=[N+]([O-])c1ccc(Cl)c(/C=N/n2c(CO)nc3ccccc32)c1. The van der Waals surface area contributed by atoms with E-state index in [1.807, 2.05) is 18.2 Å². The second-order valence-electron chi connectivity index (χ2n) is 4.69. The van der Waals surface area contributed by atoms with Crippen molar-refractivity contribution in [2.45, 2.75) is 6.61 Å². The third kappa shape index (κ3) is 2.92. The number of nitro benzene ring substituents is 1. The number of imidazole rings is 1. The van der Waals surface area contributed by atoms with Crippen LogP contribution in [0.4, 0.5) is 5.69 Å². The van der Waals surface area contributed by atoms with Crippen molar-refractivity contribution < 1.29 is 10.0 Å². The number of rotatable bonds is 4. The molecule has 0 aliphatic carbocycles. The molecule has 0 atom stereocenters. The van der Waals surface area contributed by atoms with Crippen LogP contribution in [-0.4, -0.2) is 25.9 Å². The van der Waals surface area contributed by atoms with Crippen LogP contribution in [0.25, 0.3) is 11.0 Å². The molecule has 23 heavy (non-hydrogen) atoms. The molecule has 0 radical (unpaired) electrons. The monoisotopic (exact) mass is 330 g/mol. The van der Waals surface area contributed by atoms with E-state index in [-0.39, 0.29) is 12.3 Å². The van der Waals surface area contributed by atoms with Gasteiger partial charge in [0.15, 0.2) is 5.82 Å². The van der Waals surface area contributed by atoms with Crippen LogP contribution in [-0.2, 0) is 6.61 Å². The summed E-state index contributed by atoms with van der Waals surface area (Å²) in [4.78, 5) is 14.6. The maximum absolute atomic E-state index is 10.8. The minimum atomic E-state index is -0.501. The molecule has 0 aliphatic heterocycles. The molecule has 0 spiro atoms. The lowest BCUT2D eigenvalue weighted by atomic mass is 10.2. The Labute approximate surface area is 135 Å². The Bertz CT molecular complexity index is 920. The van der Waals surface area contributed by atoms with Gasteiger partial charge >= 0.3 is 0 Å². The highest BCUT2D eigenvalue weighted by Gasteiger charge is 2.10. The Morgan fingerprint density at radius 3 is 2.87 bits per heavy atom. The Balaban J connectivity index is 2.07. The van der Waals surface area contributed by atoms with Gasteiger partial charge < -0.3 is 5.11 Å². The summed E-state index contributed by atoms with van der Waals surface area (Å²) in [6.45, 7) is -0.283. The fraction of sp³-hybridized carbons (Fsp3) is 0.0667. The zero-order valence-electron chi connectivity index (χ0n) is 11.8. The maximum Gasteiger partial charge on any atom is 0.270 e. The molecule has 1 heterocycles. The summed E-state index contributed by atoms with van der Waals surface area (Å²) in [5.74, 6) is 0.365. The molecule has 3 aromatic rings. The Hall–Kier alpha value is -2.77. The Morgan fingerprint density at radius 1 is 1.35 bits per heavy atom. The second-order valence-corrected chi connectivity index (χ2v) is 5.10. The molecule has 8 heteroatoms. The standard InChI is InChI=1S/C15H11ClN4O3/c16-12-6-5-11(20(22)23)7-10(12)8-17-19-14-4-2-1-3-13(14)18-15(19)9-21/h1-8,21H,9H2/b17-8+. The predicted molar refractivity (Wildman–Crippen MR) is 86.8 cm³/mol. The lowest BCUT2D eigenvalue weighted by Crippen LogP contribution is -1.99. The first-order valence-corrected chi connectivity index (χ1v) is 7.03. The van der Waals surface area contributed by atoms with Crippen LogP contribution >= 0.6 is 11.6 Å². The third-order valence-corrected chi connectivity index (χ3v) is 3.59. The van der Waals surface area contributed by atoms with Gasteiger partial charge in [-0.05, 0) is 18.2 Å². The first-order chi connectivity index (χ1) is 11.1. The maximum atomic E-state index is 10.8. The Kier molecular flexibility index (Phi) is 4.05. The fourth-order valence-corrected chi connectivity index (χ4v) is 2.32. The van der Waals surface area contributed by atoms with Gasteiger partial charge in [-0.2, -0.15) is 5.10 Å². The van der Waals surface area contributed by atoms with Gasteiger partial charge in [-0.15, -0.1) is 0 Å². The van der Waals surface area contributed by atoms with E-state index in [0.717, 1.165) is 0 Å². The van der Waals surface area contributed by atoms with E-state index in [4.69, 9.17) is 11.6 Å². The molecule has 3 rings (SSSR count). The first kappa shape index (κ1) is 15.1. The highest BCUT2D eigenvalue weighted by atomic mass is 35.5. The fourth-order valence-electron chi connectivity index (χ4n) is 2.16. The van der Waals surface area contributed by atoms with Crippen LogP contribution in [0.1, 0.15) is 11.4 Å². The lowest BCUT2D eigenvalue weighted by Gasteiger charge is -2.01. The predicted octanol–water partition coefficient (Wildman–Crippen LogP) is 2.97. The zero-order valence-corrected chi connectivity index (χ0v) is 12.5. The molecular weight excluding hydrogens is 320 g/mol. The number of fused-ring (bicyclic) bond motifs is 1. The summed E-state index contributed by atoms with van der Waals surface area (Å²) >= 11 is 6.04. The molecule has 1 aromatic heterocycles. The number of hydrogen-bond donors (Lipinski definition) is 1. The smallest absolute Gasteiger partial charge is 0.270 e. The highest BCUT2D eigenvalue weighted by molar-refractivity contribution is 6.33. The lowest BCUT2D eigenvalue weighted by molar-refractivity contribution is -0.384. The van der Waals surface area contributed by atoms with E-state index in [0.29, 0.717) is 27.4 Å². The minimum absolute atomic E-state index is 0.0753. The molecule has 7 nitrogen and oxygen atoms in total. The second kappa shape index (κ2) is 6.15. The number of nitrogens with zero attached hydrogens (tertiary/aromatic N) is 4. The summed E-state index contributed by atoms with van der Waals surface area (Å²) in [5.41, 5.74) is 1.74. The van der Waals surface area contributed by atoms with Crippen molar-refractivity contribution in [3.8, 4) is 0 Å². The number of benzene rings is 2. The number of para-hydroxylation sites is 2. The molecular formula is C15H11ClN4O3. The van der Waals surface area contributed by atoms with E-state index < -0.39 is 4.92 Å². The average Bonchev–Trinajstić information content (AvgIpc) is 2.91. The van der Waals surface area contributed by atoms with Crippen LogP contribution in [0.5, 0.6) is 0 Å². The van der Waals surface area contributed by atoms with Crippen molar-refractivity contribution in [3.63, 3.8) is 0 Å². The number of halogens is 1. The van der Waals surface area contributed by atoms with E-state index in [9.17, 15) is 15.2 Å². The van der Waals surface area contributed by atoms with Crippen molar-refractivity contribution in [2.24, 2.45) is 5.10 Å². The minimum Gasteiger partial charge on any atom is -0.388 e. The van der Waals surface area contributed by atoms with Gasteiger partial charge in [0.05, 0.1) is 22.2 Å². The number of hydrogen-bond acceptors (Lipinski definition) is 5. The summed E-state index contributed by atoms with van der Waals surface area (Å²) in [6.07, 6.45) is 1.41. The normalized spacial score (nSPS) is 11.4. The van der Waals surface area contributed by atoms with Crippen molar-refractivity contribution >= 4 is 34.5 Å². The van der Waals surface area contributed by atoms with Crippen LogP contribution < -0.4 is 0 Å². The molecule has 0 unspecified atom stereocenters. The first-order valence-electron chi connectivity index (χ1n) is 6.65. The molecule has 1 N–H and O–H groups in total. The molecule has 0 amide bonds. The summed E-state index contributed by atoms with van der Waals surface area (Å²) in [6, 6.07) is 11.4. The van der Waals surface area contributed by atoms with Crippen molar-refractivity contribution in [3.05, 3.63) is 69.0 Å². The van der Waals surface area contributed by atoms with Gasteiger partial charge in [-0.3, -0.25) is 10.1 Å². The van der Waals surface area contributed by atoms with Crippen molar-refractivity contribution in [2.75, 3.05) is 0 Å². The topological polar surface area (TPSA) is 93.5 Å². The van der Waals surface area contributed by atoms with Gasteiger partial charge in [-0.25, -0.2) is 9.66 Å². The van der Waals surface area contributed by atoms with Crippen LogP contribution in [0.3, 0.4) is 0 Å². The molecule has 2 aromatic carbocycles.